The van der Waals surface area contributed by atoms with E-state index in [1.165, 1.54) is 12.8 Å². The largest absolute Gasteiger partial charge is 0.444 e. The lowest BCUT2D eigenvalue weighted by molar-refractivity contribution is 0.0234. The van der Waals surface area contributed by atoms with Crippen molar-refractivity contribution in [3.05, 3.63) is 0 Å². The molecule has 21 heavy (non-hydrogen) atoms. The lowest BCUT2D eigenvalue weighted by atomic mass is 9.92. The minimum absolute atomic E-state index is 0.174. The van der Waals surface area contributed by atoms with E-state index in [0.717, 1.165) is 38.8 Å². The molecule has 2 aliphatic carbocycles. The number of carbonyl (C=O) groups is 1. The van der Waals surface area contributed by atoms with Gasteiger partial charge in [0.25, 0.3) is 0 Å². The fraction of sp³-hybridized carbons (Fsp3) is 0.938. The molecule has 2 unspecified atom stereocenters. The molecule has 2 rings (SSSR count). The standard InChI is InChI=1S/C16H31N3O2/c1-16(2,3)21-15(20)19(14-7-8-14)10-9-18-13-6-4-5-12(17)11-13/h12-14,18H,4-11,17H2,1-3H3. The molecule has 2 aliphatic rings. The zero-order chi connectivity index (χ0) is 15.5. The number of carbonyl (C=O) groups excluding carboxylic acids is 1. The third-order valence-corrected chi connectivity index (χ3v) is 4.12. The van der Waals surface area contributed by atoms with E-state index in [4.69, 9.17) is 10.5 Å². The number of amides is 1. The second kappa shape index (κ2) is 6.97. The average molecular weight is 297 g/mol. The van der Waals surface area contributed by atoms with Crippen LogP contribution < -0.4 is 11.1 Å². The Morgan fingerprint density at radius 3 is 2.57 bits per heavy atom. The van der Waals surface area contributed by atoms with Gasteiger partial charge in [0.2, 0.25) is 0 Å². The van der Waals surface area contributed by atoms with Gasteiger partial charge in [0.1, 0.15) is 5.60 Å². The van der Waals surface area contributed by atoms with Crippen LogP contribution in [0.2, 0.25) is 0 Å². The Morgan fingerprint density at radius 1 is 1.29 bits per heavy atom. The van der Waals surface area contributed by atoms with Crippen LogP contribution in [0, 0.1) is 0 Å². The Labute approximate surface area is 128 Å². The molecule has 0 heterocycles. The molecule has 0 bridgehead atoms. The molecule has 2 atom stereocenters. The van der Waals surface area contributed by atoms with Gasteiger partial charge in [-0.25, -0.2) is 4.79 Å². The summed E-state index contributed by atoms with van der Waals surface area (Å²) in [6, 6.07) is 1.23. The molecule has 0 saturated heterocycles. The minimum Gasteiger partial charge on any atom is -0.444 e. The van der Waals surface area contributed by atoms with E-state index < -0.39 is 5.60 Å². The van der Waals surface area contributed by atoms with Crippen molar-refractivity contribution in [3.8, 4) is 0 Å². The van der Waals surface area contributed by atoms with E-state index in [-0.39, 0.29) is 6.09 Å². The smallest absolute Gasteiger partial charge is 0.410 e. The lowest BCUT2D eigenvalue weighted by Crippen LogP contribution is -2.45. The third-order valence-electron chi connectivity index (χ3n) is 4.12. The molecule has 2 saturated carbocycles. The highest BCUT2D eigenvalue weighted by Gasteiger charge is 2.35. The van der Waals surface area contributed by atoms with Crippen molar-refractivity contribution in [2.24, 2.45) is 5.73 Å². The van der Waals surface area contributed by atoms with E-state index >= 15 is 0 Å². The monoisotopic (exact) mass is 297 g/mol. The van der Waals surface area contributed by atoms with Gasteiger partial charge in [0.15, 0.2) is 0 Å². The summed E-state index contributed by atoms with van der Waals surface area (Å²) in [4.78, 5) is 14.1. The van der Waals surface area contributed by atoms with E-state index in [1.54, 1.807) is 0 Å². The number of ether oxygens (including phenoxy) is 1. The van der Waals surface area contributed by atoms with Crippen molar-refractivity contribution in [2.45, 2.75) is 83.0 Å². The highest BCUT2D eigenvalue weighted by atomic mass is 16.6. The zero-order valence-electron chi connectivity index (χ0n) is 13.7. The number of hydrogen-bond acceptors (Lipinski definition) is 4. The van der Waals surface area contributed by atoms with Crippen molar-refractivity contribution in [2.75, 3.05) is 13.1 Å². The van der Waals surface area contributed by atoms with Gasteiger partial charge >= 0.3 is 6.09 Å². The molecular weight excluding hydrogens is 266 g/mol. The Kier molecular flexibility index (Phi) is 5.49. The maximum atomic E-state index is 12.2. The van der Waals surface area contributed by atoms with Gasteiger partial charge in [-0.2, -0.15) is 0 Å². The van der Waals surface area contributed by atoms with Gasteiger partial charge in [-0.3, -0.25) is 0 Å². The molecule has 2 fully saturated rings. The molecule has 0 aromatic rings. The quantitative estimate of drug-likeness (QED) is 0.816. The molecule has 0 radical (unpaired) electrons. The summed E-state index contributed by atoms with van der Waals surface area (Å²) in [5.41, 5.74) is 5.59. The normalized spacial score (nSPS) is 26.5. The van der Waals surface area contributed by atoms with Crippen molar-refractivity contribution < 1.29 is 9.53 Å². The van der Waals surface area contributed by atoms with Crippen LogP contribution in [-0.4, -0.2) is 47.8 Å². The fourth-order valence-corrected chi connectivity index (χ4v) is 2.93. The van der Waals surface area contributed by atoms with E-state index in [9.17, 15) is 4.79 Å². The van der Waals surface area contributed by atoms with E-state index in [2.05, 4.69) is 5.32 Å². The minimum atomic E-state index is -0.423. The van der Waals surface area contributed by atoms with Gasteiger partial charge in [-0.05, 0) is 52.9 Å². The van der Waals surface area contributed by atoms with Crippen LogP contribution >= 0.6 is 0 Å². The lowest BCUT2D eigenvalue weighted by Gasteiger charge is -2.30. The summed E-state index contributed by atoms with van der Waals surface area (Å²) in [6.07, 6.45) is 6.63. The second-order valence-corrected chi connectivity index (χ2v) is 7.48. The van der Waals surface area contributed by atoms with Crippen LogP contribution in [0.3, 0.4) is 0 Å². The van der Waals surface area contributed by atoms with Gasteiger partial charge in [-0.1, -0.05) is 6.42 Å². The summed E-state index contributed by atoms with van der Waals surface area (Å²) in [5.74, 6) is 0. The predicted molar refractivity (Wildman–Crippen MR) is 84.2 cm³/mol. The van der Waals surface area contributed by atoms with E-state index in [1.807, 2.05) is 25.7 Å². The summed E-state index contributed by atoms with van der Waals surface area (Å²) < 4.78 is 5.50. The Hall–Kier alpha value is -0.810. The maximum absolute atomic E-state index is 12.2. The van der Waals surface area contributed by atoms with Crippen LogP contribution in [0.5, 0.6) is 0 Å². The first-order chi connectivity index (χ1) is 9.85. The molecule has 0 aromatic carbocycles. The number of nitrogens with two attached hydrogens (primary N) is 1. The molecule has 0 aromatic heterocycles. The van der Waals surface area contributed by atoms with E-state index in [0.29, 0.717) is 18.1 Å². The molecule has 0 spiro atoms. The van der Waals surface area contributed by atoms with Gasteiger partial charge in [0, 0.05) is 31.2 Å². The number of nitrogens with one attached hydrogen (secondary N) is 1. The SMILES string of the molecule is CC(C)(C)OC(=O)N(CCNC1CCCC(N)C1)C1CC1. The summed E-state index contributed by atoms with van der Waals surface area (Å²) in [6.45, 7) is 7.30. The Balaban J connectivity index is 1.74. The molecule has 5 nitrogen and oxygen atoms in total. The molecule has 1 amide bonds. The van der Waals surface area contributed by atoms with Gasteiger partial charge in [-0.15, -0.1) is 0 Å². The summed E-state index contributed by atoms with van der Waals surface area (Å²) >= 11 is 0. The summed E-state index contributed by atoms with van der Waals surface area (Å²) in [5, 5.41) is 3.55. The predicted octanol–water partition coefficient (Wildman–Crippen LogP) is 2.25. The van der Waals surface area contributed by atoms with Crippen LogP contribution in [-0.2, 0) is 4.74 Å². The fourth-order valence-electron chi connectivity index (χ4n) is 2.93. The summed E-state index contributed by atoms with van der Waals surface area (Å²) in [7, 11) is 0. The van der Waals surface area contributed by atoms with Crippen molar-refractivity contribution in [1.29, 1.82) is 0 Å². The molecular formula is C16H31N3O2. The Morgan fingerprint density at radius 2 is 2.00 bits per heavy atom. The van der Waals surface area contributed by atoms with Crippen molar-refractivity contribution in [3.63, 3.8) is 0 Å². The first-order valence-electron chi connectivity index (χ1n) is 8.34. The van der Waals surface area contributed by atoms with Crippen LogP contribution in [0.25, 0.3) is 0 Å². The van der Waals surface area contributed by atoms with Crippen LogP contribution in [0.1, 0.15) is 59.3 Å². The molecule has 5 heteroatoms. The molecule has 0 aliphatic heterocycles. The maximum Gasteiger partial charge on any atom is 0.410 e. The van der Waals surface area contributed by atoms with Crippen LogP contribution in [0.15, 0.2) is 0 Å². The van der Waals surface area contributed by atoms with Gasteiger partial charge in [0.05, 0.1) is 0 Å². The number of rotatable bonds is 5. The first-order valence-corrected chi connectivity index (χ1v) is 8.34. The highest BCUT2D eigenvalue weighted by Crippen LogP contribution is 2.28. The van der Waals surface area contributed by atoms with Crippen molar-refractivity contribution in [1.82, 2.24) is 10.2 Å². The first kappa shape index (κ1) is 16.6. The number of hydrogen-bond donors (Lipinski definition) is 2. The van der Waals surface area contributed by atoms with Gasteiger partial charge < -0.3 is 20.7 Å². The third kappa shape index (κ3) is 5.83. The average Bonchev–Trinajstić information content (AvgIpc) is 3.16. The Bertz CT molecular complexity index is 350. The molecule has 3 N–H and O–H groups in total. The highest BCUT2D eigenvalue weighted by molar-refractivity contribution is 5.69. The second-order valence-electron chi connectivity index (χ2n) is 7.48. The van der Waals surface area contributed by atoms with Crippen molar-refractivity contribution >= 4 is 6.09 Å². The van der Waals surface area contributed by atoms with Crippen LogP contribution in [0.4, 0.5) is 4.79 Å². The number of nitrogens with zero attached hydrogens (tertiary/aromatic N) is 1. The topological polar surface area (TPSA) is 67.6 Å². The molecule has 122 valence electrons. The zero-order valence-corrected chi connectivity index (χ0v) is 13.7.